The molecule has 1 amide bonds. The second kappa shape index (κ2) is 7.35. The topological polar surface area (TPSA) is 42.0 Å². The van der Waals surface area contributed by atoms with Gasteiger partial charge in [-0.3, -0.25) is 14.6 Å². The minimum Gasteiger partial charge on any atom is -0.493 e. The van der Waals surface area contributed by atoms with E-state index < -0.39 is 5.72 Å². The third kappa shape index (κ3) is 3.11. The number of carbonyl (C=O) groups excluding carboxylic acids is 1. The molecule has 0 aliphatic carbocycles. The maximum Gasteiger partial charge on any atom is 0.270 e. The van der Waals surface area contributed by atoms with Crippen LogP contribution in [0.1, 0.15) is 40.2 Å². The molecule has 3 heterocycles. The van der Waals surface area contributed by atoms with Crippen molar-refractivity contribution < 1.29 is 14.3 Å². The normalized spacial score (nSPS) is 22.0. The van der Waals surface area contributed by atoms with Crippen LogP contribution in [-0.4, -0.2) is 28.8 Å². The zero-order chi connectivity index (χ0) is 21.8. The first kappa shape index (κ1) is 20.0. The lowest BCUT2D eigenvalue weighted by atomic mass is 9.88. The number of rotatable bonds is 3. The van der Waals surface area contributed by atoms with Crippen molar-refractivity contribution in [1.82, 2.24) is 4.90 Å². The largest absolute Gasteiger partial charge is 0.493 e. The van der Waals surface area contributed by atoms with Gasteiger partial charge in [-0.05, 0) is 55.7 Å². The van der Waals surface area contributed by atoms with Gasteiger partial charge in [-0.25, -0.2) is 0 Å². The minimum absolute atomic E-state index is 0.0974. The van der Waals surface area contributed by atoms with Crippen LogP contribution >= 0.6 is 23.6 Å². The van der Waals surface area contributed by atoms with E-state index in [1.165, 1.54) is 11.3 Å². The van der Waals surface area contributed by atoms with E-state index >= 15 is 0 Å². The highest BCUT2D eigenvalue weighted by Gasteiger charge is 2.54. The SMILES string of the molecule is COc1cccc2c1O[C@@]1(C)C[C@H]2N(C(=O)c2cccs2)C(=S)N1c1ccc(C)cc1. The highest BCUT2D eigenvalue weighted by Crippen LogP contribution is 2.52. The van der Waals surface area contributed by atoms with Gasteiger partial charge in [-0.15, -0.1) is 11.3 Å². The summed E-state index contributed by atoms with van der Waals surface area (Å²) in [5.74, 6) is 1.21. The molecule has 5 nitrogen and oxygen atoms in total. The van der Waals surface area contributed by atoms with Crippen molar-refractivity contribution in [1.29, 1.82) is 0 Å². The number of nitrogens with zero attached hydrogens (tertiary/aromatic N) is 2. The van der Waals surface area contributed by atoms with Crippen molar-refractivity contribution in [2.24, 2.45) is 0 Å². The fourth-order valence-corrected chi connectivity index (χ4v) is 5.60. The number of thiocarbonyl (C=S) groups is 1. The number of amides is 1. The van der Waals surface area contributed by atoms with Crippen molar-refractivity contribution >= 4 is 40.3 Å². The molecule has 7 heteroatoms. The van der Waals surface area contributed by atoms with E-state index in [1.807, 2.05) is 78.7 Å². The van der Waals surface area contributed by atoms with Crippen molar-refractivity contribution in [3.05, 3.63) is 76.0 Å². The third-order valence-electron chi connectivity index (χ3n) is 5.91. The lowest BCUT2D eigenvalue weighted by Gasteiger charge is -2.55. The first-order valence-corrected chi connectivity index (χ1v) is 11.4. The molecule has 1 fully saturated rings. The maximum atomic E-state index is 13.6. The van der Waals surface area contributed by atoms with Crippen LogP contribution in [0.3, 0.4) is 0 Å². The number of ether oxygens (including phenoxy) is 2. The van der Waals surface area contributed by atoms with Crippen LogP contribution in [0.15, 0.2) is 60.0 Å². The Balaban J connectivity index is 1.70. The van der Waals surface area contributed by atoms with Crippen LogP contribution in [0, 0.1) is 6.92 Å². The van der Waals surface area contributed by atoms with Gasteiger partial charge in [-0.1, -0.05) is 35.9 Å². The second-order valence-corrected chi connectivity index (χ2v) is 9.29. The van der Waals surface area contributed by atoms with Crippen LogP contribution in [0.25, 0.3) is 0 Å². The number of para-hydroxylation sites is 1. The Labute approximate surface area is 190 Å². The molecule has 2 atom stereocenters. The molecule has 0 spiro atoms. The highest BCUT2D eigenvalue weighted by atomic mass is 32.1. The predicted molar refractivity (Wildman–Crippen MR) is 126 cm³/mol. The molecular formula is C24H22N2O3S2. The van der Waals surface area contributed by atoms with Gasteiger partial charge in [0.1, 0.15) is 0 Å². The molecule has 1 saturated heterocycles. The molecule has 2 aromatic carbocycles. The number of methoxy groups -OCH3 is 1. The van der Waals surface area contributed by atoms with Gasteiger partial charge in [0.15, 0.2) is 22.3 Å². The molecule has 158 valence electrons. The van der Waals surface area contributed by atoms with E-state index in [9.17, 15) is 4.79 Å². The number of fused-ring (bicyclic) bond motifs is 4. The smallest absolute Gasteiger partial charge is 0.270 e. The van der Waals surface area contributed by atoms with Crippen LogP contribution in [-0.2, 0) is 0 Å². The minimum atomic E-state index is -0.759. The zero-order valence-corrected chi connectivity index (χ0v) is 19.1. The Hall–Kier alpha value is -2.90. The van der Waals surface area contributed by atoms with Crippen molar-refractivity contribution in [3.8, 4) is 11.5 Å². The van der Waals surface area contributed by atoms with Gasteiger partial charge in [0.05, 0.1) is 18.0 Å². The van der Waals surface area contributed by atoms with Gasteiger partial charge >= 0.3 is 0 Å². The summed E-state index contributed by atoms with van der Waals surface area (Å²) in [7, 11) is 1.63. The maximum absolute atomic E-state index is 13.6. The summed E-state index contributed by atoms with van der Waals surface area (Å²) in [6.45, 7) is 4.06. The molecule has 0 N–H and O–H groups in total. The van der Waals surface area contributed by atoms with Crippen molar-refractivity contribution in [3.63, 3.8) is 0 Å². The Morgan fingerprint density at radius 2 is 1.97 bits per heavy atom. The van der Waals surface area contributed by atoms with Crippen molar-refractivity contribution in [2.45, 2.75) is 32.0 Å². The van der Waals surface area contributed by atoms with E-state index in [2.05, 4.69) is 0 Å². The lowest BCUT2D eigenvalue weighted by molar-refractivity contribution is 0.0164. The molecule has 0 saturated carbocycles. The summed E-state index contributed by atoms with van der Waals surface area (Å²) in [4.78, 5) is 18.0. The first-order chi connectivity index (χ1) is 14.9. The van der Waals surface area contributed by atoms with E-state index in [0.717, 1.165) is 16.8 Å². The van der Waals surface area contributed by atoms with Gasteiger partial charge < -0.3 is 9.47 Å². The third-order valence-corrected chi connectivity index (χ3v) is 7.14. The Bertz CT molecular complexity index is 1160. The molecule has 2 aliphatic heterocycles. The molecule has 3 aromatic rings. The Morgan fingerprint density at radius 3 is 2.65 bits per heavy atom. The van der Waals surface area contributed by atoms with E-state index in [4.69, 9.17) is 21.7 Å². The number of thiophene rings is 1. The number of carbonyl (C=O) groups is 1. The number of hydrogen-bond acceptors (Lipinski definition) is 5. The second-order valence-electron chi connectivity index (χ2n) is 7.98. The molecule has 0 unspecified atom stereocenters. The molecule has 2 aliphatic rings. The fourth-order valence-electron chi connectivity index (χ4n) is 4.43. The zero-order valence-electron chi connectivity index (χ0n) is 17.5. The van der Waals surface area contributed by atoms with Gasteiger partial charge in [-0.2, -0.15) is 0 Å². The van der Waals surface area contributed by atoms with Gasteiger partial charge in [0.2, 0.25) is 0 Å². The summed E-state index contributed by atoms with van der Waals surface area (Å²) in [5, 5.41) is 2.35. The van der Waals surface area contributed by atoms with Gasteiger partial charge in [0.25, 0.3) is 5.91 Å². The Morgan fingerprint density at radius 1 is 1.19 bits per heavy atom. The molecule has 2 bridgehead atoms. The average molecular weight is 451 g/mol. The number of hydrogen-bond donors (Lipinski definition) is 0. The standard InChI is InChI=1S/C24H22N2O3S2/c1-15-9-11-16(12-10-15)26-23(30)25(22(27)20-8-5-13-31-20)18-14-24(26,2)29-21-17(18)6-4-7-19(21)28-3/h4-13,18H,14H2,1-3H3/t18-,24+/m1/s1. The predicted octanol–water partition coefficient (Wildman–Crippen LogP) is 5.55. The van der Waals surface area contributed by atoms with Gasteiger partial charge in [0, 0.05) is 17.7 Å². The molecule has 5 rings (SSSR count). The summed E-state index contributed by atoms with van der Waals surface area (Å²) >= 11 is 7.37. The van der Waals surface area contributed by atoms with Crippen LogP contribution in [0.5, 0.6) is 11.5 Å². The van der Waals surface area contributed by atoms with Crippen LogP contribution < -0.4 is 14.4 Å². The number of aryl methyl sites for hydroxylation is 1. The van der Waals surface area contributed by atoms with Crippen molar-refractivity contribution in [2.75, 3.05) is 12.0 Å². The summed E-state index contributed by atoms with van der Waals surface area (Å²) < 4.78 is 12.2. The quantitative estimate of drug-likeness (QED) is 0.489. The highest BCUT2D eigenvalue weighted by molar-refractivity contribution is 7.80. The Kier molecular flexibility index (Phi) is 4.75. The number of anilines is 1. The summed E-state index contributed by atoms with van der Waals surface area (Å²) in [6, 6.07) is 17.4. The van der Waals surface area contributed by atoms with Crippen LogP contribution in [0.4, 0.5) is 5.69 Å². The van der Waals surface area contributed by atoms with Crippen LogP contribution in [0.2, 0.25) is 0 Å². The van der Waals surface area contributed by atoms with E-state index in [0.29, 0.717) is 27.9 Å². The lowest BCUT2D eigenvalue weighted by Crippen LogP contribution is -2.67. The molecular weight excluding hydrogens is 428 g/mol. The van der Waals surface area contributed by atoms with E-state index in [-0.39, 0.29) is 11.9 Å². The molecule has 1 aromatic heterocycles. The fraction of sp³-hybridized carbons (Fsp3) is 0.250. The molecule has 31 heavy (non-hydrogen) atoms. The monoisotopic (exact) mass is 450 g/mol. The molecule has 0 radical (unpaired) electrons. The summed E-state index contributed by atoms with van der Waals surface area (Å²) in [5.41, 5.74) is 2.19. The first-order valence-electron chi connectivity index (χ1n) is 10.1. The number of benzene rings is 2. The van der Waals surface area contributed by atoms with E-state index in [1.54, 1.807) is 12.0 Å². The summed E-state index contributed by atoms with van der Waals surface area (Å²) in [6.07, 6.45) is 0.582. The average Bonchev–Trinajstić information content (AvgIpc) is 3.29.